The minimum absolute atomic E-state index is 0.564. The Balaban J connectivity index is 3.06. The first-order chi connectivity index (χ1) is 7.41. The first-order valence-corrected chi connectivity index (χ1v) is 8.01. The second kappa shape index (κ2) is 5.80. The van der Waals surface area contributed by atoms with Crippen molar-refractivity contribution in [2.45, 2.75) is 6.92 Å². The fourth-order valence-electron chi connectivity index (χ4n) is 0.970. The van der Waals surface area contributed by atoms with Crippen LogP contribution in [0.2, 0.25) is 5.02 Å². The van der Waals surface area contributed by atoms with Crippen LogP contribution >= 0.6 is 34.2 Å². The molecule has 0 aliphatic heterocycles. The Morgan fingerprint density at radius 1 is 1.31 bits per heavy atom. The Kier molecular flexibility index (Phi) is 5.23. The van der Waals surface area contributed by atoms with Gasteiger partial charge in [-0.25, -0.2) is 0 Å². The summed E-state index contributed by atoms with van der Waals surface area (Å²) in [6.45, 7) is -0.825. The van der Waals surface area contributed by atoms with Crippen molar-refractivity contribution in [2.24, 2.45) is 0 Å². The third kappa shape index (κ3) is 3.42. The summed E-state index contributed by atoms with van der Waals surface area (Å²) in [5.74, 6) is 0.564. The minimum Gasteiger partial charge on any atom is -0.423 e. The fraction of sp³-hybridized carbons (Fsp3) is 0.333. The largest absolute Gasteiger partial charge is 0.423 e. The Hall–Kier alpha value is 0.360. The lowest BCUT2D eigenvalue weighted by Crippen LogP contribution is -1.97. The molecule has 0 aromatic heterocycles. The molecule has 0 aliphatic rings. The van der Waals surface area contributed by atoms with Crippen LogP contribution in [0.25, 0.3) is 0 Å². The number of benzene rings is 1. The average Bonchev–Trinajstić information content (AvgIpc) is 2.25. The molecule has 0 radical (unpaired) electrons. The van der Waals surface area contributed by atoms with Gasteiger partial charge in [-0.05, 0) is 40.5 Å². The van der Waals surface area contributed by atoms with E-state index < -0.39 is 6.72 Å². The molecule has 0 saturated heterocycles. The van der Waals surface area contributed by atoms with E-state index >= 15 is 0 Å². The van der Waals surface area contributed by atoms with Gasteiger partial charge in [-0.2, -0.15) is 0 Å². The van der Waals surface area contributed by atoms with E-state index in [4.69, 9.17) is 37.0 Å². The SMILES string of the molecule is COP(=S)(OC)Oc1cc(C)c(Cl)cc1Br. The quantitative estimate of drug-likeness (QED) is 0.760. The molecule has 0 heterocycles. The third-order valence-corrected chi connectivity index (χ3v) is 5.33. The zero-order valence-corrected chi connectivity index (χ0v) is 13.0. The van der Waals surface area contributed by atoms with E-state index in [1.807, 2.05) is 6.92 Å². The summed E-state index contributed by atoms with van der Waals surface area (Å²) in [4.78, 5) is 0. The molecule has 0 fully saturated rings. The molecule has 0 bridgehead atoms. The molecular weight excluding hydrogens is 334 g/mol. The summed E-state index contributed by atoms with van der Waals surface area (Å²) in [6, 6.07) is 3.53. The van der Waals surface area contributed by atoms with Crippen LogP contribution in [-0.4, -0.2) is 14.2 Å². The highest BCUT2D eigenvalue weighted by molar-refractivity contribution is 9.10. The number of hydrogen-bond donors (Lipinski definition) is 0. The van der Waals surface area contributed by atoms with Gasteiger partial charge < -0.3 is 13.6 Å². The van der Waals surface area contributed by atoms with Gasteiger partial charge in [0.05, 0.1) is 4.47 Å². The third-order valence-electron chi connectivity index (χ3n) is 1.87. The van der Waals surface area contributed by atoms with Crippen molar-refractivity contribution in [1.29, 1.82) is 0 Å². The molecule has 0 saturated carbocycles. The van der Waals surface area contributed by atoms with E-state index in [1.54, 1.807) is 12.1 Å². The lowest BCUT2D eigenvalue weighted by atomic mass is 10.2. The number of rotatable bonds is 4. The summed E-state index contributed by atoms with van der Waals surface area (Å²) >= 11 is 14.4. The molecule has 90 valence electrons. The summed E-state index contributed by atoms with van der Waals surface area (Å²) in [5.41, 5.74) is 0.897. The lowest BCUT2D eigenvalue weighted by molar-refractivity contribution is 0.273. The highest BCUT2D eigenvalue weighted by atomic mass is 79.9. The molecule has 1 aromatic carbocycles. The summed E-state index contributed by atoms with van der Waals surface area (Å²) in [5, 5.41) is 0.655. The number of halogens is 2. The Morgan fingerprint density at radius 3 is 2.38 bits per heavy atom. The van der Waals surface area contributed by atoms with Crippen LogP contribution in [0.15, 0.2) is 16.6 Å². The van der Waals surface area contributed by atoms with Gasteiger partial charge in [0.15, 0.2) is 0 Å². The maximum Gasteiger partial charge on any atom is 0.380 e. The average molecular weight is 346 g/mol. The normalized spacial score (nSPS) is 11.6. The second-order valence-corrected chi connectivity index (χ2v) is 7.35. The van der Waals surface area contributed by atoms with E-state index in [2.05, 4.69) is 15.9 Å². The molecule has 3 nitrogen and oxygen atoms in total. The van der Waals surface area contributed by atoms with Crippen LogP contribution in [0.3, 0.4) is 0 Å². The van der Waals surface area contributed by atoms with Gasteiger partial charge in [-0.3, -0.25) is 0 Å². The number of hydrogen-bond acceptors (Lipinski definition) is 4. The zero-order chi connectivity index (χ0) is 12.3. The molecule has 1 aromatic rings. The van der Waals surface area contributed by atoms with Crippen molar-refractivity contribution in [3.8, 4) is 5.75 Å². The van der Waals surface area contributed by atoms with Crippen molar-refractivity contribution in [3.05, 3.63) is 27.2 Å². The fourth-order valence-corrected chi connectivity index (χ4v) is 2.75. The molecule has 7 heteroatoms. The Labute approximate surface area is 113 Å². The monoisotopic (exact) mass is 344 g/mol. The first-order valence-electron chi connectivity index (χ1n) is 4.28. The molecule has 0 aliphatic carbocycles. The van der Waals surface area contributed by atoms with Crippen LogP contribution in [0, 0.1) is 6.92 Å². The maximum atomic E-state index is 5.96. The Bertz CT molecular complexity index is 433. The van der Waals surface area contributed by atoms with E-state index in [9.17, 15) is 0 Å². The molecule has 16 heavy (non-hydrogen) atoms. The second-order valence-electron chi connectivity index (χ2n) is 2.94. The summed E-state index contributed by atoms with van der Waals surface area (Å²) < 4.78 is 16.3. The molecule has 0 N–H and O–H groups in total. The van der Waals surface area contributed by atoms with Gasteiger partial charge in [0.2, 0.25) is 0 Å². The first kappa shape index (κ1) is 14.4. The predicted octanol–water partition coefficient (Wildman–Crippen LogP) is 4.31. The van der Waals surface area contributed by atoms with E-state index in [1.165, 1.54) is 14.2 Å². The van der Waals surface area contributed by atoms with E-state index in [0.29, 0.717) is 15.2 Å². The van der Waals surface area contributed by atoms with Crippen LogP contribution < -0.4 is 4.52 Å². The van der Waals surface area contributed by atoms with Crippen LogP contribution in [0.1, 0.15) is 5.56 Å². The number of aryl methyl sites for hydroxylation is 1. The molecule has 0 unspecified atom stereocenters. The topological polar surface area (TPSA) is 27.7 Å². The highest BCUT2D eigenvalue weighted by Gasteiger charge is 2.20. The standard InChI is InChI=1S/C9H11BrClO3PS/c1-6-4-9(7(10)5-8(6)11)14-15(16,12-2)13-3/h4-5H,1-3H3. The molecule has 0 amide bonds. The van der Waals surface area contributed by atoms with Crippen LogP contribution in [0.5, 0.6) is 5.75 Å². The lowest BCUT2D eigenvalue weighted by Gasteiger charge is -2.19. The smallest absolute Gasteiger partial charge is 0.380 e. The predicted molar refractivity (Wildman–Crippen MR) is 72.8 cm³/mol. The van der Waals surface area contributed by atoms with Crippen molar-refractivity contribution in [3.63, 3.8) is 0 Å². The van der Waals surface area contributed by atoms with Crippen LogP contribution in [-0.2, 0) is 20.9 Å². The minimum atomic E-state index is -2.70. The van der Waals surface area contributed by atoms with Crippen LogP contribution in [0.4, 0.5) is 0 Å². The zero-order valence-electron chi connectivity index (χ0n) is 8.99. The van der Waals surface area contributed by atoms with Crippen molar-refractivity contribution < 1.29 is 13.6 Å². The van der Waals surface area contributed by atoms with E-state index in [0.717, 1.165) is 5.56 Å². The van der Waals surface area contributed by atoms with Gasteiger partial charge in [-0.1, -0.05) is 11.6 Å². The van der Waals surface area contributed by atoms with Crippen molar-refractivity contribution in [1.82, 2.24) is 0 Å². The van der Waals surface area contributed by atoms with Crippen molar-refractivity contribution in [2.75, 3.05) is 14.2 Å². The molecule has 0 spiro atoms. The molecular formula is C9H11BrClO3PS. The van der Waals surface area contributed by atoms with Gasteiger partial charge in [0, 0.05) is 31.0 Å². The van der Waals surface area contributed by atoms with Gasteiger partial charge in [0.25, 0.3) is 0 Å². The van der Waals surface area contributed by atoms with E-state index in [-0.39, 0.29) is 0 Å². The van der Waals surface area contributed by atoms with Gasteiger partial charge >= 0.3 is 6.72 Å². The summed E-state index contributed by atoms with van der Waals surface area (Å²) in [6.07, 6.45) is 0. The molecule has 1 rings (SSSR count). The molecule has 0 atom stereocenters. The summed E-state index contributed by atoms with van der Waals surface area (Å²) in [7, 11) is 2.92. The Morgan fingerprint density at radius 2 is 1.88 bits per heavy atom. The van der Waals surface area contributed by atoms with Gasteiger partial charge in [0.1, 0.15) is 5.75 Å². The maximum absolute atomic E-state index is 5.96. The van der Waals surface area contributed by atoms with Crippen molar-refractivity contribution >= 4 is 46.1 Å². The highest BCUT2D eigenvalue weighted by Crippen LogP contribution is 2.50. The van der Waals surface area contributed by atoms with Gasteiger partial charge in [-0.15, -0.1) is 0 Å².